The molecule has 2 heterocycles. The number of hydrogen-bond donors (Lipinski definition) is 1. The number of hydrogen-bond acceptors (Lipinski definition) is 2. The summed E-state index contributed by atoms with van der Waals surface area (Å²) in [6, 6.07) is 0. The summed E-state index contributed by atoms with van der Waals surface area (Å²) in [5, 5.41) is 0. The molecule has 1 atom stereocenters. The second-order valence-corrected chi connectivity index (χ2v) is 5.70. The van der Waals surface area contributed by atoms with Gasteiger partial charge < -0.3 is 9.88 Å². The number of nitrogens with one attached hydrogen (secondary N) is 1. The number of nitrogens with zero attached hydrogens (tertiary/aromatic N) is 2. The van der Waals surface area contributed by atoms with Gasteiger partial charge in [-0.25, -0.2) is 4.98 Å². The SMILES string of the molecule is CC1CN(C(=O)CCc2cnc[nH]2)C(C)(C)C1. The maximum atomic E-state index is 12.2. The molecule has 1 saturated heterocycles. The Balaban J connectivity index is 1.92. The van der Waals surface area contributed by atoms with Gasteiger partial charge in [0.2, 0.25) is 5.91 Å². The number of likely N-dealkylation sites (tertiary alicyclic amines) is 1. The summed E-state index contributed by atoms with van der Waals surface area (Å²) in [7, 11) is 0. The molecule has 1 aliphatic rings. The van der Waals surface area contributed by atoms with Crippen LogP contribution >= 0.6 is 0 Å². The van der Waals surface area contributed by atoms with Gasteiger partial charge in [0.15, 0.2) is 0 Å². The minimum Gasteiger partial charge on any atom is -0.348 e. The highest BCUT2D eigenvalue weighted by molar-refractivity contribution is 5.77. The number of aromatic nitrogens is 2. The van der Waals surface area contributed by atoms with E-state index in [0.29, 0.717) is 12.3 Å². The Morgan fingerprint density at radius 1 is 1.65 bits per heavy atom. The van der Waals surface area contributed by atoms with E-state index in [1.54, 1.807) is 12.5 Å². The number of H-pyrrole nitrogens is 1. The van der Waals surface area contributed by atoms with Crippen LogP contribution in [-0.2, 0) is 11.2 Å². The van der Waals surface area contributed by atoms with Crippen molar-refractivity contribution in [3.05, 3.63) is 18.2 Å². The first kappa shape index (κ1) is 12.1. The molecule has 0 saturated carbocycles. The fourth-order valence-electron chi connectivity index (χ4n) is 2.82. The van der Waals surface area contributed by atoms with Crippen LogP contribution in [0.5, 0.6) is 0 Å². The fourth-order valence-corrected chi connectivity index (χ4v) is 2.82. The fraction of sp³-hybridized carbons (Fsp3) is 0.692. The van der Waals surface area contributed by atoms with Crippen molar-refractivity contribution in [2.24, 2.45) is 5.92 Å². The molecular weight excluding hydrogens is 214 g/mol. The van der Waals surface area contributed by atoms with Gasteiger partial charge in [0, 0.05) is 30.4 Å². The second kappa shape index (κ2) is 4.51. The Hall–Kier alpha value is -1.32. The van der Waals surface area contributed by atoms with Gasteiger partial charge in [-0.2, -0.15) is 0 Å². The van der Waals surface area contributed by atoms with Crippen molar-refractivity contribution in [1.82, 2.24) is 14.9 Å². The highest BCUT2D eigenvalue weighted by atomic mass is 16.2. The summed E-state index contributed by atoms with van der Waals surface area (Å²) in [6.07, 6.45) is 5.85. The molecule has 0 bridgehead atoms. The van der Waals surface area contributed by atoms with Gasteiger partial charge in [-0.3, -0.25) is 4.79 Å². The number of aromatic amines is 1. The Morgan fingerprint density at radius 2 is 2.41 bits per heavy atom. The smallest absolute Gasteiger partial charge is 0.223 e. The predicted molar refractivity (Wildman–Crippen MR) is 66.5 cm³/mol. The molecule has 0 aliphatic carbocycles. The van der Waals surface area contributed by atoms with Gasteiger partial charge >= 0.3 is 0 Å². The molecule has 17 heavy (non-hydrogen) atoms. The molecule has 0 spiro atoms. The molecule has 1 fully saturated rings. The molecule has 1 aromatic heterocycles. The first-order valence-electron chi connectivity index (χ1n) is 6.27. The lowest BCUT2D eigenvalue weighted by atomic mass is 9.97. The maximum Gasteiger partial charge on any atom is 0.223 e. The molecule has 94 valence electrons. The minimum atomic E-state index is 0.0183. The van der Waals surface area contributed by atoms with E-state index >= 15 is 0 Å². The molecule has 0 aromatic carbocycles. The van der Waals surface area contributed by atoms with Gasteiger partial charge in [0.1, 0.15) is 0 Å². The van der Waals surface area contributed by atoms with Crippen LogP contribution in [0.15, 0.2) is 12.5 Å². The first-order valence-corrected chi connectivity index (χ1v) is 6.27. The Bertz CT molecular complexity index is 383. The van der Waals surface area contributed by atoms with E-state index in [-0.39, 0.29) is 11.4 Å². The summed E-state index contributed by atoms with van der Waals surface area (Å²) in [5.74, 6) is 0.870. The highest BCUT2D eigenvalue weighted by Gasteiger charge is 2.38. The number of amides is 1. The summed E-state index contributed by atoms with van der Waals surface area (Å²) < 4.78 is 0. The van der Waals surface area contributed by atoms with E-state index in [0.717, 1.165) is 25.1 Å². The Labute approximate surface area is 102 Å². The normalized spacial score (nSPS) is 23.0. The van der Waals surface area contributed by atoms with Gasteiger partial charge in [0.25, 0.3) is 0 Å². The minimum absolute atomic E-state index is 0.0183. The van der Waals surface area contributed by atoms with E-state index in [4.69, 9.17) is 0 Å². The van der Waals surface area contributed by atoms with Gasteiger partial charge in [-0.15, -0.1) is 0 Å². The molecule has 1 amide bonds. The van der Waals surface area contributed by atoms with Crippen molar-refractivity contribution in [3.8, 4) is 0 Å². The third-order valence-electron chi connectivity index (χ3n) is 3.54. The summed E-state index contributed by atoms with van der Waals surface area (Å²) in [4.78, 5) is 21.2. The van der Waals surface area contributed by atoms with Crippen LogP contribution in [0, 0.1) is 5.92 Å². The van der Waals surface area contributed by atoms with Crippen LogP contribution in [0.3, 0.4) is 0 Å². The summed E-state index contributed by atoms with van der Waals surface area (Å²) in [6.45, 7) is 7.42. The van der Waals surface area contributed by atoms with Gasteiger partial charge in [0.05, 0.1) is 6.33 Å². The Morgan fingerprint density at radius 3 is 2.94 bits per heavy atom. The zero-order valence-corrected chi connectivity index (χ0v) is 10.9. The Kier molecular flexibility index (Phi) is 3.22. The highest BCUT2D eigenvalue weighted by Crippen LogP contribution is 2.32. The zero-order chi connectivity index (χ0) is 12.5. The number of rotatable bonds is 3. The average molecular weight is 235 g/mol. The van der Waals surface area contributed by atoms with Crippen LogP contribution in [-0.4, -0.2) is 32.9 Å². The zero-order valence-electron chi connectivity index (χ0n) is 10.9. The van der Waals surface area contributed by atoms with E-state index < -0.39 is 0 Å². The van der Waals surface area contributed by atoms with E-state index in [1.807, 2.05) is 4.90 Å². The van der Waals surface area contributed by atoms with Crippen molar-refractivity contribution in [2.45, 2.75) is 45.6 Å². The largest absolute Gasteiger partial charge is 0.348 e. The van der Waals surface area contributed by atoms with Gasteiger partial charge in [-0.05, 0) is 32.6 Å². The topological polar surface area (TPSA) is 49.0 Å². The predicted octanol–water partition coefficient (Wildman–Crippen LogP) is 1.99. The summed E-state index contributed by atoms with van der Waals surface area (Å²) in [5.41, 5.74) is 1.05. The lowest BCUT2D eigenvalue weighted by Gasteiger charge is -2.31. The van der Waals surface area contributed by atoms with Crippen molar-refractivity contribution in [1.29, 1.82) is 0 Å². The number of imidazole rings is 1. The number of carbonyl (C=O) groups is 1. The molecule has 4 nitrogen and oxygen atoms in total. The molecular formula is C13H21N3O. The van der Waals surface area contributed by atoms with Crippen molar-refractivity contribution in [2.75, 3.05) is 6.54 Å². The molecule has 4 heteroatoms. The standard InChI is InChI=1S/C13H21N3O/c1-10-6-13(2,3)16(8-10)12(17)5-4-11-7-14-9-15-11/h7,9-10H,4-6,8H2,1-3H3,(H,14,15). The maximum absolute atomic E-state index is 12.2. The summed E-state index contributed by atoms with van der Waals surface area (Å²) >= 11 is 0. The molecule has 0 radical (unpaired) electrons. The van der Waals surface area contributed by atoms with Crippen LogP contribution in [0.4, 0.5) is 0 Å². The van der Waals surface area contributed by atoms with Crippen LogP contribution in [0.25, 0.3) is 0 Å². The monoisotopic (exact) mass is 235 g/mol. The lowest BCUT2D eigenvalue weighted by Crippen LogP contribution is -2.42. The van der Waals surface area contributed by atoms with E-state index in [9.17, 15) is 4.79 Å². The van der Waals surface area contributed by atoms with Gasteiger partial charge in [-0.1, -0.05) is 6.92 Å². The second-order valence-electron chi connectivity index (χ2n) is 5.70. The quantitative estimate of drug-likeness (QED) is 0.871. The third-order valence-corrected chi connectivity index (χ3v) is 3.54. The number of aryl methyl sites for hydroxylation is 1. The molecule has 1 aromatic rings. The lowest BCUT2D eigenvalue weighted by molar-refractivity contribution is -0.134. The van der Waals surface area contributed by atoms with Crippen molar-refractivity contribution >= 4 is 5.91 Å². The van der Waals surface area contributed by atoms with E-state index in [2.05, 4.69) is 30.7 Å². The van der Waals surface area contributed by atoms with Crippen molar-refractivity contribution < 1.29 is 4.79 Å². The molecule has 2 rings (SSSR count). The van der Waals surface area contributed by atoms with Crippen molar-refractivity contribution in [3.63, 3.8) is 0 Å². The third kappa shape index (κ3) is 2.68. The van der Waals surface area contributed by atoms with Crippen LogP contribution < -0.4 is 0 Å². The molecule has 1 aliphatic heterocycles. The van der Waals surface area contributed by atoms with Crippen LogP contribution in [0.1, 0.15) is 39.3 Å². The van der Waals surface area contributed by atoms with E-state index in [1.165, 1.54) is 0 Å². The number of carbonyl (C=O) groups excluding carboxylic acids is 1. The van der Waals surface area contributed by atoms with Crippen LogP contribution in [0.2, 0.25) is 0 Å². The molecule has 1 unspecified atom stereocenters. The first-order chi connectivity index (χ1) is 7.99. The molecule has 1 N–H and O–H groups in total. The average Bonchev–Trinajstić information content (AvgIpc) is 2.82.